The molecule has 0 unspecified atom stereocenters. The molecule has 0 atom stereocenters. The number of nitro groups is 1. The van der Waals surface area contributed by atoms with Crippen molar-refractivity contribution in [3.05, 3.63) is 46.0 Å². The van der Waals surface area contributed by atoms with Gasteiger partial charge in [0.1, 0.15) is 0 Å². The molecule has 1 aromatic rings. The zero-order valence-corrected chi connectivity index (χ0v) is 8.81. The number of amides is 1. The quantitative estimate of drug-likeness (QED) is 0.264. The van der Waals surface area contributed by atoms with Crippen LogP contribution in [0.5, 0.6) is 0 Å². The Morgan fingerprint density at radius 2 is 2.31 bits per heavy atom. The first-order chi connectivity index (χ1) is 7.63. The van der Waals surface area contributed by atoms with Gasteiger partial charge in [0.05, 0.1) is 10.1 Å². The molecule has 80 valence electrons. The number of non-ortho nitro benzene ring substituents is 1. The van der Waals surface area contributed by atoms with E-state index in [0.29, 0.717) is 5.56 Å². The maximum absolute atomic E-state index is 10.9. The van der Waals surface area contributed by atoms with Gasteiger partial charge < -0.3 is 0 Å². The van der Waals surface area contributed by atoms with Gasteiger partial charge in [0.2, 0.25) is 0 Å². The second-order valence-electron chi connectivity index (χ2n) is 2.73. The summed E-state index contributed by atoms with van der Waals surface area (Å²) in [6.45, 7) is 0. The molecule has 1 aromatic carbocycles. The fraction of sp³-hybridized carbons (Fsp3) is 0. The van der Waals surface area contributed by atoms with Crippen LogP contribution in [-0.4, -0.2) is 16.0 Å². The number of thiocarbonyl (C=S) groups is 1. The zero-order chi connectivity index (χ0) is 12.0. The van der Waals surface area contributed by atoms with Crippen LogP contribution in [0.15, 0.2) is 35.3 Å². The first kappa shape index (κ1) is 11.9. The van der Waals surface area contributed by atoms with Crippen LogP contribution in [0, 0.1) is 10.1 Å². The molecule has 1 amide bonds. The number of nitrogens with zero attached hydrogens (tertiary/aromatic N) is 2. The molecular formula is C10H6N2O3S. The lowest BCUT2D eigenvalue weighted by molar-refractivity contribution is -0.384. The second kappa shape index (κ2) is 5.65. The molecule has 0 fully saturated rings. The molecule has 6 heteroatoms. The van der Waals surface area contributed by atoms with E-state index in [1.807, 2.05) is 5.16 Å². The van der Waals surface area contributed by atoms with Crippen molar-refractivity contribution in [3.8, 4) is 0 Å². The van der Waals surface area contributed by atoms with E-state index in [1.54, 1.807) is 6.07 Å². The van der Waals surface area contributed by atoms with Gasteiger partial charge in [-0.15, -0.1) is 0 Å². The SMILES string of the molecule is O=C(/C=C/c1cccc([N+](=O)[O-])c1)N=C=S. The fourth-order valence-corrected chi connectivity index (χ4v) is 1.08. The van der Waals surface area contributed by atoms with E-state index < -0.39 is 10.8 Å². The van der Waals surface area contributed by atoms with E-state index in [9.17, 15) is 14.9 Å². The predicted octanol–water partition coefficient (Wildman–Crippen LogP) is 2.24. The van der Waals surface area contributed by atoms with Crippen LogP contribution in [0.25, 0.3) is 6.08 Å². The van der Waals surface area contributed by atoms with Gasteiger partial charge in [0.25, 0.3) is 11.6 Å². The van der Waals surface area contributed by atoms with Crippen LogP contribution < -0.4 is 0 Å². The van der Waals surface area contributed by atoms with Crippen molar-refractivity contribution in [2.75, 3.05) is 0 Å². The third kappa shape index (κ3) is 3.53. The highest BCUT2D eigenvalue weighted by molar-refractivity contribution is 7.78. The van der Waals surface area contributed by atoms with Crippen molar-refractivity contribution in [2.45, 2.75) is 0 Å². The standard InChI is InChI=1S/C10H6N2O3S/c13-10(11-7-16)5-4-8-2-1-3-9(6-8)12(14)15/h1-6H/b5-4+. The monoisotopic (exact) mass is 234 g/mol. The number of hydrogen-bond donors (Lipinski definition) is 0. The summed E-state index contributed by atoms with van der Waals surface area (Å²) in [6.07, 6.45) is 2.59. The Kier molecular flexibility index (Phi) is 4.20. The van der Waals surface area contributed by atoms with E-state index in [-0.39, 0.29) is 5.69 Å². The molecule has 0 radical (unpaired) electrons. The lowest BCUT2D eigenvalue weighted by atomic mass is 10.2. The molecule has 0 saturated carbocycles. The van der Waals surface area contributed by atoms with Crippen molar-refractivity contribution >= 4 is 35.0 Å². The first-order valence-corrected chi connectivity index (χ1v) is 4.58. The van der Waals surface area contributed by atoms with Crippen molar-refractivity contribution in [3.63, 3.8) is 0 Å². The molecule has 0 bridgehead atoms. The first-order valence-electron chi connectivity index (χ1n) is 4.18. The van der Waals surface area contributed by atoms with E-state index in [2.05, 4.69) is 17.2 Å². The van der Waals surface area contributed by atoms with Gasteiger partial charge in [-0.1, -0.05) is 12.1 Å². The lowest BCUT2D eigenvalue weighted by Crippen LogP contribution is -1.88. The van der Waals surface area contributed by atoms with Gasteiger partial charge in [-0.3, -0.25) is 14.9 Å². The number of carbonyl (C=O) groups is 1. The number of rotatable bonds is 3. The Bertz CT molecular complexity index is 505. The summed E-state index contributed by atoms with van der Waals surface area (Å²) in [5, 5.41) is 12.4. The minimum atomic E-state index is -0.554. The number of hydrogen-bond acceptors (Lipinski definition) is 4. The van der Waals surface area contributed by atoms with Crippen LogP contribution in [0.1, 0.15) is 5.56 Å². The highest BCUT2D eigenvalue weighted by Gasteiger charge is 2.03. The molecule has 0 heterocycles. The van der Waals surface area contributed by atoms with Crippen LogP contribution in [-0.2, 0) is 4.79 Å². The molecule has 0 aliphatic heterocycles. The minimum absolute atomic E-state index is 0.0343. The Labute approximate surface area is 96.3 Å². The van der Waals surface area contributed by atoms with Gasteiger partial charge in [-0.05, 0) is 23.9 Å². The Balaban J connectivity index is 2.89. The predicted molar refractivity (Wildman–Crippen MR) is 62.2 cm³/mol. The summed E-state index contributed by atoms with van der Waals surface area (Å²) < 4.78 is 0. The van der Waals surface area contributed by atoms with Crippen LogP contribution in [0.2, 0.25) is 0 Å². The maximum Gasteiger partial charge on any atom is 0.278 e. The summed E-state index contributed by atoms with van der Waals surface area (Å²) in [6, 6.07) is 5.89. The largest absolute Gasteiger partial charge is 0.278 e. The lowest BCUT2D eigenvalue weighted by Gasteiger charge is -1.93. The topological polar surface area (TPSA) is 72.6 Å². The normalized spacial score (nSPS) is 9.75. The second-order valence-corrected chi connectivity index (χ2v) is 2.91. The summed E-state index contributed by atoms with van der Waals surface area (Å²) >= 11 is 4.25. The molecular weight excluding hydrogens is 228 g/mol. The Morgan fingerprint density at radius 3 is 2.94 bits per heavy atom. The van der Waals surface area contributed by atoms with Crippen molar-refractivity contribution in [1.29, 1.82) is 0 Å². The Hall–Kier alpha value is -2.17. The molecule has 5 nitrogen and oxygen atoms in total. The number of benzene rings is 1. The van der Waals surface area contributed by atoms with Crippen molar-refractivity contribution in [2.24, 2.45) is 4.99 Å². The summed E-state index contributed by atoms with van der Waals surface area (Å²) in [7, 11) is 0. The smallest absolute Gasteiger partial charge is 0.267 e. The molecule has 0 saturated heterocycles. The molecule has 0 aliphatic carbocycles. The Morgan fingerprint density at radius 1 is 1.56 bits per heavy atom. The maximum atomic E-state index is 10.9. The van der Waals surface area contributed by atoms with Gasteiger partial charge in [0, 0.05) is 18.2 Å². The molecule has 1 rings (SSSR count). The molecule has 0 spiro atoms. The minimum Gasteiger partial charge on any atom is -0.267 e. The number of carbonyl (C=O) groups excluding carboxylic acids is 1. The van der Waals surface area contributed by atoms with E-state index >= 15 is 0 Å². The number of nitro benzene ring substituents is 1. The number of aliphatic imine (C=N–C) groups is 1. The molecule has 0 aliphatic rings. The highest BCUT2D eigenvalue weighted by atomic mass is 32.1. The fourth-order valence-electron chi connectivity index (χ4n) is 0.992. The summed E-state index contributed by atoms with van der Waals surface area (Å²) in [5.41, 5.74) is 0.509. The van der Waals surface area contributed by atoms with Gasteiger partial charge in [-0.25, -0.2) is 0 Å². The van der Waals surface area contributed by atoms with Crippen LogP contribution in [0.3, 0.4) is 0 Å². The molecule has 16 heavy (non-hydrogen) atoms. The van der Waals surface area contributed by atoms with E-state index in [4.69, 9.17) is 0 Å². The van der Waals surface area contributed by atoms with Crippen LogP contribution >= 0.6 is 12.2 Å². The van der Waals surface area contributed by atoms with Gasteiger partial charge in [-0.2, -0.15) is 4.99 Å². The average Bonchev–Trinajstić information content (AvgIpc) is 2.27. The zero-order valence-electron chi connectivity index (χ0n) is 7.99. The van der Waals surface area contributed by atoms with Crippen molar-refractivity contribution in [1.82, 2.24) is 0 Å². The summed E-state index contributed by atoms with van der Waals surface area (Å²) in [5.74, 6) is -0.554. The molecule has 0 aromatic heterocycles. The molecule has 0 N–H and O–H groups in total. The average molecular weight is 234 g/mol. The van der Waals surface area contributed by atoms with Crippen molar-refractivity contribution < 1.29 is 9.72 Å². The third-order valence-electron chi connectivity index (χ3n) is 1.66. The summed E-state index contributed by atoms with van der Waals surface area (Å²) in [4.78, 5) is 24.1. The third-order valence-corrected chi connectivity index (χ3v) is 1.75. The van der Waals surface area contributed by atoms with E-state index in [1.165, 1.54) is 30.4 Å². The van der Waals surface area contributed by atoms with E-state index in [0.717, 1.165) is 0 Å². The highest BCUT2D eigenvalue weighted by Crippen LogP contribution is 2.13. The van der Waals surface area contributed by atoms with Crippen LogP contribution in [0.4, 0.5) is 5.69 Å². The van der Waals surface area contributed by atoms with Gasteiger partial charge in [0.15, 0.2) is 0 Å². The number of isothiocyanates is 1. The van der Waals surface area contributed by atoms with Gasteiger partial charge >= 0.3 is 0 Å².